The van der Waals surface area contributed by atoms with E-state index >= 15 is 0 Å². The Balaban J connectivity index is 1.93. The Kier molecular flexibility index (Phi) is 4.84. The lowest BCUT2D eigenvalue weighted by Gasteiger charge is -2.29. The molecule has 0 spiro atoms. The summed E-state index contributed by atoms with van der Waals surface area (Å²) in [5.74, 6) is -0.122. The maximum absolute atomic E-state index is 11.0. The minimum atomic E-state index is -0.699. The van der Waals surface area contributed by atoms with Crippen molar-refractivity contribution in [2.24, 2.45) is 5.92 Å². The summed E-state index contributed by atoms with van der Waals surface area (Å²) in [6.45, 7) is 5.11. The SMILES string of the molecule is CCCCn1nnnc1CN1CCCC(C(=O)O)C1. The first kappa shape index (κ1) is 13.9. The molecule has 1 aromatic rings. The van der Waals surface area contributed by atoms with Crippen LogP contribution in [0.1, 0.15) is 38.4 Å². The number of unbranched alkanes of at least 4 members (excludes halogenated alkanes) is 1. The summed E-state index contributed by atoms with van der Waals surface area (Å²) >= 11 is 0. The molecule has 1 aromatic heterocycles. The van der Waals surface area contributed by atoms with E-state index in [2.05, 4.69) is 27.3 Å². The molecular formula is C12H21N5O2. The molecule has 2 heterocycles. The average molecular weight is 267 g/mol. The monoisotopic (exact) mass is 267 g/mol. The first-order valence-electron chi connectivity index (χ1n) is 6.91. The third kappa shape index (κ3) is 3.73. The van der Waals surface area contributed by atoms with Gasteiger partial charge in [0, 0.05) is 13.1 Å². The van der Waals surface area contributed by atoms with Crippen LogP contribution in [0.3, 0.4) is 0 Å². The smallest absolute Gasteiger partial charge is 0.307 e. The van der Waals surface area contributed by atoms with Gasteiger partial charge in [-0.3, -0.25) is 9.69 Å². The van der Waals surface area contributed by atoms with E-state index in [0.717, 1.165) is 44.6 Å². The van der Waals surface area contributed by atoms with Crippen molar-refractivity contribution < 1.29 is 9.90 Å². The van der Waals surface area contributed by atoms with E-state index in [4.69, 9.17) is 5.11 Å². The molecule has 106 valence electrons. The third-order valence-electron chi connectivity index (χ3n) is 3.55. The van der Waals surface area contributed by atoms with Crippen molar-refractivity contribution in [1.82, 2.24) is 25.1 Å². The number of rotatable bonds is 6. The van der Waals surface area contributed by atoms with Crippen molar-refractivity contribution in [3.8, 4) is 0 Å². The summed E-state index contributed by atoms with van der Waals surface area (Å²) in [6, 6.07) is 0. The van der Waals surface area contributed by atoms with Gasteiger partial charge < -0.3 is 5.11 Å². The van der Waals surface area contributed by atoms with Gasteiger partial charge >= 0.3 is 5.97 Å². The summed E-state index contributed by atoms with van der Waals surface area (Å²) in [7, 11) is 0. The Labute approximate surface area is 112 Å². The van der Waals surface area contributed by atoms with Crippen LogP contribution in [0.4, 0.5) is 0 Å². The molecule has 1 N–H and O–H groups in total. The number of nitrogens with zero attached hydrogens (tertiary/aromatic N) is 5. The Morgan fingerprint density at radius 3 is 3.11 bits per heavy atom. The van der Waals surface area contributed by atoms with E-state index in [1.807, 2.05) is 4.68 Å². The van der Waals surface area contributed by atoms with Gasteiger partial charge in [0.15, 0.2) is 5.82 Å². The number of aliphatic carboxylic acids is 1. The maximum Gasteiger partial charge on any atom is 0.307 e. The predicted octanol–water partition coefficient (Wildman–Crippen LogP) is 0.770. The van der Waals surface area contributed by atoms with Gasteiger partial charge in [-0.1, -0.05) is 13.3 Å². The van der Waals surface area contributed by atoms with Crippen LogP contribution in [0.5, 0.6) is 0 Å². The standard InChI is InChI=1S/C12H21N5O2/c1-2-3-7-17-11(13-14-15-17)9-16-6-4-5-10(8-16)12(18)19/h10H,2-9H2,1H3,(H,18,19). The molecule has 0 aromatic carbocycles. The molecule has 0 bridgehead atoms. The van der Waals surface area contributed by atoms with E-state index in [0.29, 0.717) is 13.1 Å². The number of hydrogen-bond acceptors (Lipinski definition) is 5. The number of hydrogen-bond donors (Lipinski definition) is 1. The zero-order valence-corrected chi connectivity index (χ0v) is 11.3. The fraction of sp³-hybridized carbons (Fsp3) is 0.833. The van der Waals surface area contributed by atoms with E-state index in [1.54, 1.807) is 0 Å². The first-order valence-corrected chi connectivity index (χ1v) is 6.91. The molecular weight excluding hydrogens is 246 g/mol. The van der Waals surface area contributed by atoms with Crippen LogP contribution < -0.4 is 0 Å². The van der Waals surface area contributed by atoms with E-state index in [-0.39, 0.29) is 5.92 Å². The molecule has 1 aliphatic heterocycles. The summed E-state index contributed by atoms with van der Waals surface area (Å²) < 4.78 is 1.83. The summed E-state index contributed by atoms with van der Waals surface area (Å²) in [5, 5.41) is 20.8. The number of aryl methyl sites for hydroxylation is 1. The molecule has 1 saturated heterocycles. The Hall–Kier alpha value is -1.50. The van der Waals surface area contributed by atoms with Gasteiger partial charge in [0.25, 0.3) is 0 Å². The van der Waals surface area contributed by atoms with Crippen LogP contribution in [-0.4, -0.2) is 49.3 Å². The van der Waals surface area contributed by atoms with Crippen LogP contribution in [0.25, 0.3) is 0 Å². The lowest BCUT2D eigenvalue weighted by molar-refractivity contribution is -0.143. The van der Waals surface area contributed by atoms with Crippen molar-refractivity contribution in [2.75, 3.05) is 13.1 Å². The molecule has 1 unspecified atom stereocenters. The van der Waals surface area contributed by atoms with Gasteiger partial charge in [0.2, 0.25) is 0 Å². The van der Waals surface area contributed by atoms with Gasteiger partial charge in [0.05, 0.1) is 12.5 Å². The van der Waals surface area contributed by atoms with E-state index in [9.17, 15) is 4.79 Å². The Bertz CT molecular complexity index is 420. The van der Waals surface area contributed by atoms with E-state index in [1.165, 1.54) is 0 Å². The van der Waals surface area contributed by atoms with Crippen molar-refractivity contribution in [1.29, 1.82) is 0 Å². The van der Waals surface area contributed by atoms with Crippen LogP contribution in [0.2, 0.25) is 0 Å². The number of likely N-dealkylation sites (tertiary alicyclic amines) is 1. The first-order chi connectivity index (χ1) is 9.20. The second kappa shape index (κ2) is 6.60. The second-order valence-corrected chi connectivity index (χ2v) is 5.08. The Morgan fingerprint density at radius 1 is 1.53 bits per heavy atom. The second-order valence-electron chi connectivity index (χ2n) is 5.08. The molecule has 0 amide bonds. The molecule has 7 nitrogen and oxygen atoms in total. The zero-order chi connectivity index (χ0) is 13.7. The van der Waals surface area contributed by atoms with E-state index < -0.39 is 5.97 Å². The molecule has 1 aliphatic rings. The summed E-state index contributed by atoms with van der Waals surface area (Å²) in [5.41, 5.74) is 0. The number of aromatic nitrogens is 4. The van der Waals surface area contributed by atoms with Crippen LogP contribution in [0.15, 0.2) is 0 Å². The van der Waals surface area contributed by atoms with Gasteiger partial charge in [0.1, 0.15) is 0 Å². The minimum absolute atomic E-state index is 0.256. The topological polar surface area (TPSA) is 84.1 Å². The summed E-state index contributed by atoms with van der Waals surface area (Å²) in [6.07, 6.45) is 3.85. The van der Waals surface area contributed by atoms with Crippen molar-refractivity contribution in [3.05, 3.63) is 5.82 Å². The molecule has 1 atom stereocenters. The van der Waals surface area contributed by atoms with Crippen LogP contribution >= 0.6 is 0 Å². The lowest BCUT2D eigenvalue weighted by atomic mass is 9.98. The summed E-state index contributed by atoms with van der Waals surface area (Å²) in [4.78, 5) is 13.2. The van der Waals surface area contributed by atoms with Gasteiger partial charge in [-0.05, 0) is 36.2 Å². The number of piperidine rings is 1. The molecule has 7 heteroatoms. The largest absolute Gasteiger partial charge is 0.481 e. The minimum Gasteiger partial charge on any atom is -0.481 e. The molecule has 19 heavy (non-hydrogen) atoms. The number of carboxylic acids is 1. The van der Waals surface area contributed by atoms with Crippen molar-refractivity contribution >= 4 is 5.97 Å². The molecule has 2 rings (SSSR count). The molecule has 0 aliphatic carbocycles. The predicted molar refractivity (Wildman–Crippen MR) is 68.4 cm³/mol. The lowest BCUT2D eigenvalue weighted by Crippen LogP contribution is -2.38. The normalized spacial score (nSPS) is 20.6. The van der Waals surface area contributed by atoms with Crippen LogP contribution in [0, 0.1) is 5.92 Å². The number of carbonyl (C=O) groups is 1. The van der Waals surface area contributed by atoms with Crippen LogP contribution in [-0.2, 0) is 17.9 Å². The highest BCUT2D eigenvalue weighted by Gasteiger charge is 2.26. The molecule has 1 fully saturated rings. The fourth-order valence-electron chi connectivity index (χ4n) is 2.42. The quantitative estimate of drug-likeness (QED) is 0.819. The third-order valence-corrected chi connectivity index (χ3v) is 3.55. The van der Waals surface area contributed by atoms with Crippen molar-refractivity contribution in [3.63, 3.8) is 0 Å². The number of tetrazole rings is 1. The highest BCUT2D eigenvalue weighted by Crippen LogP contribution is 2.18. The number of carboxylic acid groups (broad SMARTS) is 1. The van der Waals surface area contributed by atoms with Gasteiger partial charge in [-0.15, -0.1) is 5.10 Å². The van der Waals surface area contributed by atoms with Crippen molar-refractivity contribution in [2.45, 2.75) is 45.7 Å². The fourth-order valence-corrected chi connectivity index (χ4v) is 2.42. The maximum atomic E-state index is 11.0. The Morgan fingerprint density at radius 2 is 2.37 bits per heavy atom. The highest BCUT2D eigenvalue weighted by atomic mass is 16.4. The van der Waals surface area contributed by atoms with Gasteiger partial charge in [-0.25, -0.2) is 4.68 Å². The molecule has 0 saturated carbocycles. The zero-order valence-electron chi connectivity index (χ0n) is 11.3. The molecule has 0 radical (unpaired) electrons. The van der Waals surface area contributed by atoms with Gasteiger partial charge in [-0.2, -0.15) is 0 Å². The highest BCUT2D eigenvalue weighted by molar-refractivity contribution is 5.70. The average Bonchev–Trinajstić information content (AvgIpc) is 2.84.